The van der Waals surface area contributed by atoms with Crippen molar-refractivity contribution in [2.24, 2.45) is 0 Å². The van der Waals surface area contributed by atoms with E-state index in [1.807, 2.05) is 6.08 Å². The maximum Gasteiger partial charge on any atom is 0.251 e. The number of Topliss-reactive ketones (excluding diaryl/α,β-unsaturated/α-hetero) is 1. The largest absolute Gasteiger partial charge is 0.454 e. The smallest absolute Gasteiger partial charge is 0.251 e. The molecule has 1 aromatic carbocycles. The van der Waals surface area contributed by atoms with Gasteiger partial charge in [-0.1, -0.05) is 6.08 Å². The van der Waals surface area contributed by atoms with Gasteiger partial charge in [-0.2, -0.15) is 0 Å². The number of ketones is 1. The minimum atomic E-state index is -0.574. The lowest BCUT2D eigenvalue weighted by Crippen LogP contribution is -2.41. The zero-order valence-corrected chi connectivity index (χ0v) is 13.0. The fraction of sp³-hybridized carbons (Fsp3) is 0.294. The number of nitrogens with zero attached hydrogens (tertiary/aromatic N) is 1. The highest BCUT2D eigenvalue weighted by Gasteiger charge is 2.27. The Morgan fingerprint density at radius 3 is 2.78 bits per heavy atom. The highest BCUT2D eigenvalue weighted by molar-refractivity contribution is 6.04. The van der Waals surface area contributed by atoms with Gasteiger partial charge in [0.05, 0.1) is 6.04 Å². The molecule has 120 valence electrons. The Labute approximate surface area is 134 Å². The number of benzene rings is 1. The molecule has 1 N–H and O–H groups in total. The molecule has 2 heterocycles. The van der Waals surface area contributed by atoms with Crippen molar-refractivity contribution in [3.8, 4) is 11.5 Å². The van der Waals surface area contributed by atoms with Crippen LogP contribution in [-0.2, 0) is 4.79 Å². The Balaban J connectivity index is 1.73. The summed E-state index contributed by atoms with van der Waals surface area (Å²) in [5.41, 5.74) is 1.12. The van der Waals surface area contributed by atoms with Crippen LogP contribution in [-0.4, -0.2) is 36.5 Å². The molecule has 0 aliphatic carbocycles. The second kappa shape index (κ2) is 6.16. The standard InChI is InChI=1S/C17H18N2O4/c1-11(19(2)17(21)13-4-3-7-18-9-13)16(20)12-5-6-14-15(8-12)23-10-22-14/h3,5-9,11,18H,4,10H2,1-2H3. The lowest BCUT2D eigenvalue weighted by molar-refractivity contribution is -0.127. The Morgan fingerprint density at radius 2 is 2.04 bits per heavy atom. The quantitative estimate of drug-likeness (QED) is 0.859. The summed E-state index contributed by atoms with van der Waals surface area (Å²) in [7, 11) is 1.64. The van der Waals surface area contributed by atoms with E-state index in [1.54, 1.807) is 44.6 Å². The van der Waals surface area contributed by atoms with Crippen molar-refractivity contribution >= 4 is 11.7 Å². The molecule has 0 aromatic heterocycles. The number of allylic oxidation sites excluding steroid dienone is 1. The molecule has 6 heteroatoms. The first-order valence-electron chi connectivity index (χ1n) is 7.39. The van der Waals surface area contributed by atoms with Crippen molar-refractivity contribution in [3.63, 3.8) is 0 Å². The van der Waals surface area contributed by atoms with Gasteiger partial charge in [0.25, 0.3) is 5.91 Å². The number of carbonyl (C=O) groups is 2. The van der Waals surface area contributed by atoms with Crippen molar-refractivity contribution in [2.45, 2.75) is 19.4 Å². The second-order valence-electron chi connectivity index (χ2n) is 5.47. The maximum atomic E-state index is 12.6. The van der Waals surface area contributed by atoms with E-state index in [-0.39, 0.29) is 18.5 Å². The van der Waals surface area contributed by atoms with Crippen LogP contribution in [0.3, 0.4) is 0 Å². The van der Waals surface area contributed by atoms with Gasteiger partial charge in [-0.05, 0) is 37.7 Å². The van der Waals surface area contributed by atoms with E-state index >= 15 is 0 Å². The average Bonchev–Trinajstić information content (AvgIpc) is 3.07. The molecule has 1 aromatic rings. The molecule has 1 amide bonds. The van der Waals surface area contributed by atoms with Gasteiger partial charge in [0.2, 0.25) is 6.79 Å². The van der Waals surface area contributed by atoms with Gasteiger partial charge in [-0.3, -0.25) is 9.59 Å². The van der Waals surface area contributed by atoms with Gasteiger partial charge in [-0.15, -0.1) is 0 Å². The van der Waals surface area contributed by atoms with Crippen molar-refractivity contribution in [1.29, 1.82) is 0 Å². The van der Waals surface area contributed by atoms with Crippen molar-refractivity contribution in [1.82, 2.24) is 10.2 Å². The van der Waals surface area contributed by atoms with Gasteiger partial charge < -0.3 is 19.7 Å². The Bertz CT molecular complexity index is 709. The zero-order chi connectivity index (χ0) is 16.4. The SMILES string of the molecule is CC(C(=O)c1ccc2c(c1)OCO2)N(C)C(=O)C1=CNC=CC1. The van der Waals surface area contributed by atoms with E-state index in [9.17, 15) is 9.59 Å². The van der Waals surface area contributed by atoms with Crippen LogP contribution in [0.1, 0.15) is 23.7 Å². The molecule has 1 unspecified atom stereocenters. The predicted molar refractivity (Wildman–Crippen MR) is 84.1 cm³/mol. The molecule has 0 fully saturated rings. The lowest BCUT2D eigenvalue weighted by atomic mass is 10.0. The van der Waals surface area contributed by atoms with E-state index in [4.69, 9.17) is 9.47 Å². The summed E-state index contributed by atoms with van der Waals surface area (Å²) in [5.74, 6) is 0.882. The molecule has 6 nitrogen and oxygen atoms in total. The van der Waals surface area contributed by atoms with Crippen molar-refractivity contribution in [3.05, 3.63) is 47.8 Å². The molecule has 1 atom stereocenters. The maximum absolute atomic E-state index is 12.6. The molecule has 23 heavy (non-hydrogen) atoms. The summed E-state index contributed by atoms with van der Waals surface area (Å²) >= 11 is 0. The van der Waals surface area contributed by atoms with Gasteiger partial charge in [0.1, 0.15) is 0 Å². The van der Waals surface area contributed by atoms with Gasteiger partial charge >= 0.3 is 0 Å². The number of rotatable bonds is 4. The Kier molecular flexibility index (Phi) is 4.06. The Morgan fingerprint density at radius 1 is 1.26 bits per heavy atom. The molecule has 0 saturated heterocycles. The van der Waals surface area contributed by atoms with Crippen molar-refractivity contribution in [2.75, 3.05) is 13.8 Å². The molecule has 3 rings (SSSR count). The second-order valence-corrected chi connectivity index (χ2v) is 5.47. The van der Waals surface area contributed by atoms with Crippen LogP contribution in [0.4, 0.5) is 0 Å². The molecular weight excluding hydrogens is 296 g/mol. The number of nitrogens with one attached hydrogen (secondary N) is 1. The van der Waals surface area contributed by atoms with Gasteiger partial charge in [0, 0.05) is 24.4 Å². The third kappa shape index (κ3) is 2.92. The topological polar surface area (TPSA) is 67.9 Å². The highest BCUT2D eigenvalue weighted by Crippen LogP contribution is 2.33. The highest BCUT2D eigenvalue weighted by atomic mass is 16.7. The third-order valence-electron chi connectivity index (χ3n) is 4.02. The molecule has 0 spiro atoms. The molecular formula is C17H18N2O4. The number of hydrogen-bond donors (Lipinski definition) is 1. The summed E-state index contributed by atoms with van der Waals surface area (Å²) in [5, 5.41) is 2.89. The van der Waals surface area contributed by atoms with Crippen LogP contribution >= 0.6 is 0 Å². The Hall–Kier alpha value is -2.76. The minimum Gasteiger partial charge on any atom is -0.454 e. The fourth-order valence-corrected chi connectivity index (χ4v) is 2.48. The van der Waals surface area contributed by atoms with Crippen LogP contribution in [0.5, 0.6) is 11.5 Å². The number of ether oxygens (including phenoxy) is 2. The summed E-state index contributed by atoms with van der Waals surface area (Å²) in [6.45, 7) is 1.88. The fourth-order valence-electron chi connectivity index (χ4n) is 2.48. The normalized spacial score (nSPS) is 16.3. The van der Waals surface area contributed by atoms with E-state index in [1.165, 1.54) is 4.90 Å². The molecule has 0 saturated carbocycles. The van der Waals surface area contributed by atoms with Gasteiger partial charge in [0.15, 0.2) is 17.3 Å². The first kappa shape index (κ1) is 15.1. The number of dihydropyridines is 1. The summed E-state index contributed by atoms with van der Waals surface area (Å²) in [4.78, 5) is 26.5. The van der Waals surface area contributed by atoms with E-state index in [0.717, 1.165) is 0 Å². The van der Waals surface area contributed by atoms with E-state index in [0.29, 0.717) is 29.1 Å². The van der Waals surface area contributed by atoms with Crippen LogP contribution in [0, 0.1) is 0 Å². The number of amides is 1. The summed E-state index contributed by atoms with van der Waals surface area (Å²) in [6.07, 6.45) is 5.86. The van der Waals surface area contributed by atoms with Gasteiger partial charge in [-0.25, -0.2) is 0 Å². The van der Waals surface area contributed by atoms with E-state index in [2.05, 4.69) is 5.32 Å². The summed E-state index contributed by atoms with van der Waals surface area (Å²) < 4.78 is 10.5. The minimum absolute atomic E-state index is 0.140. The van der Waals surface area contributed by atoms with Crippen molar-refractivity contribution < 1.29 is 19.1 Å². The number of carbonyl (C=O) groups excluding carboxylic acids is 2. The average molecular weight is 314 g/mol. The third-order valence-corrected chi connectivity index (χ3v) is 4.02. The monoisotopic (exact) mass is 314 g/mol. The first-order chi connectivity index (χ1) is 11.1. The van der Waals surface area contributed by atoms with E-state index < -0.39 is 6.04 Å². The first-order valence-corrected chi connectivity index (χ1v) is 7.39. The predicted octanol–water partition coefficient (Wildman–Crippen LogP) is 1.84. The summed E-state index contributed by atoms with van der Waals surface area (Å²) in [6, 6.07) is 4.48. The number of hydrogen-bond acceptors (Lipinski definition) is 5. The van der Waals surface area contributed by atoms with Crippen LogP contribution in [0.2, 0.25) is 0 Å². The van der Waals surface area contributed by atoms with Crippen LogP contribution in [0.25, 0.3) is 0 Å². The van der Waals surface area contributed by atoms with Crippen LogP contribution in [0.15, 0.2) is 42.2 Å². The van der Waals surface area contributed by atoms with Crippen LogP contribution < -0.4 is 14.8 Å². The lowest BCUT2D eigenvalue weighted by Gasteiger charge is -2.25. The number of fused-ring (bicyclic) bond motifs is 1. The number of likely N-dealkylation sites (N-methyl/N-ethyl adjacent to an activating group) is 1. The molecule has 0 radical (unpaired) electrons. The molecule has 0 bridgehead atoms. The molecule has 2 aliphatic rings. The zero-order valence-electron chi connectivity index (χ0n) is 13.0. The molecule has 2 aliphatic heterocycles.